The van der Waals surface area contributed by atoms with Crippen molar-refractivity contribution in [2.75, 3.05) is 5.32 Å². The van der Waals surface area contributed by atoms with Crippen LogP contribution in [0.3, 0.4) is 0 Å². The number of hydrogen-bond donors (Lipinski definition) is 1. The highest BCUT2D eigenvalue weighted by molar-refractivity contribution is 5.95. The second kappa shape index (κ2) is 8.78. The first-order valence-corrected chi connectivity index (χ1v) is 9.80. The Morgan fingerprint density at radius 1 is 1.09 bits per heavy atom. The lowest BCUT2D eigenvalue weighted by Gasteiger charge is -2.13. The molecule has 0 aliphatic carbocycles. The van der Waals surface area contributed by atoms with E-state index in [1.165, 1.54) is 36.5 Å². The number of pyridine rings is 1. The van der Waals surface area contributed by atoms with Crippen molar-refractivity contribution in [3.8, 4) is 0 Å². The molecule has 33 heavy (non-hydrogen) atoms. The molecule has 0 atom stereocenters. The van der Waals surface area contributed by atoms with Gasteiger partial charge in [0.2, 0.25) is 0 Å². The Morgan fingerprint density at radius 2 is 1.91 bits per heavy atom. The molecule has 2 heterocycles. The molecule has 2 aromatic carbocycles. The Labute approximate surface area is 185 Å². The molecule has 0 aliphatic rings. The highest BCUT2D eigenvalue weighted by atomic mass is 19.4. The summed E-state index contributed by atoms with van der Waals surface area (Å²) >= 11 is 0. The van der Waals surface area contributed by atoms with Crippen LogP contribution in [0.15, 0.2) is 76.1 Å². The third-order valence-electron chi connectivity index (χ3n) is 4.82. The van der Waals surface area contributed by atoms with Crippen LogP contribution in [-0.4, -0.2) is 11.0 Å². The predicted molar refractivity (Wildman–Crippen MR) is 115 cm³/mol. The number of nitrogens with one attached hydrogen (secondary N) is 1. The first-order valence-electron chi connectivity index (χ1n) is 9.80. The monoisotopic (exact) mass is 454 g/mol. The molecule has 4 rings (SSSR count). The number of carbonyl (C=O) groups excluding carboxylic acids is 1. The lowest BCUT2D eigenvalue weighted by Crippen LogP contribution is -2.11. The van der Waals surface area contributed by atoms with Gasteiger partial charge in [-0.15, -0.1) is 0 Å². The van der Waals surface area contributed by atoms with Gasteiger partial charge < -0.3 is 14.5 Å². The van der Waals surface area contributed by atoms with Crippen molar-refractivity contribution < 1.29 is 27.1 Å². The second-order valence-electron chi connectivity index (χ2n) is 7.27. The maximum Gasteiger partial charge on any atom is 0.416 e. The molecule has 6 nitrogen and oxygen atoms in total. The number of alkyl halides is 3. The summed E-state index contributed by atoms with van der Waals surface area (Å²) in [6.45, 7) is 1.65. The number of nitrogens with zero attached hydrogens (tertiary/aromatic N) is 1. The zero-order chi connectivity index (χ0) is 23.6. The van der Waals surface area contributed by atoms with Crippen molar-refractivity contribution in [3.05, 3.63) is 99.5 Å². The molecule has 0 aliphatic heterocycles. The van der Waals surface area contributed by atoms with E-state index in [4.69, 9.17) is 9.15 Å². The zero-order valence-corrected chi connectivity index (χ0v) is 17.3. The van der Waals surface area contributed by atoms with E-state index < -0.39 is 23.3 Å². The Morgan fingerprint density at radius 3 is 2.70 bits per heavy atom. The number of esters is 1. The van der Waals surface area contributed by atoms with Gasteiger partial charge in [-0.3, -0.25) is 0 Å². The van der Waals surface area contributed by atoms with Gasteiger partial charge in [0.15, 0.2) is 0 Å². The van der Waals surface area contributed by atoms with Crippen molar-refractivity contribution in [1.29, 1.82) is 0 Å². The molecule has 0 bridgehead atoms. The molecular formula is C24H17F3N2O4. The van der Waals surface area contributed by atoms with Crippen LogP contribution in [0.4, 0.5) is 24.7 Å². The van der Waals surface area contributed by atoms with Gasteiger partial charge in [-0.1, -0.05) is 18.2 Å². The van der Waals surface area contributed by atoms with E-state index >= 15 is 0 Å². The first kappa shape index (κ1) is 22.1. The van der Waals surface area contributed by atoms with Crippen LogP contribution in [0.1, 0.15) is 27.0 Å². The highest BCUT2D eigenvalue weighted by Gasteiger charge is 2.30. The number of aromatic nitrogens is 1. The summed E-state index contributed by atoms with van der Waals surface area (Å²) in [6.07, 6.45) is -3.11. The highest BCUT2D eigenvalue weighted by Crippen LogP contribution is 2.31. The van der Waals surface area contributed by atoms with Gasteiger partial charge in [-0.2, -0.15) is 13.2 Å². The second-order valence-corrected chi connectivity index (χ2v) is 7.27. The third kappa shape index (κ3) is 5.03. The Hall–Kier alpha value is -4.14. The fourth-order valence-corrected chi connectivity index (χ4v) is 3.26. The summed E-state index contributed by atoms with van der Waals surface area (Å²) in [5, 5.41) is 3.36. The minimum atomic E-state index is -4.51. The average molecular weight is 454 g/mol. The number of hydrogen-bond acceptors (Lipinski definition) is 6. The van der Waals surface area contributed by atoms with Crippen LogP contribution in [-0.2, 0) is 17.5 Å². The average Bonchev–Trinajstić information content (AvgIpc) is 2.77. The van der Waals surface area contributed by atoms with E-state index in [1.54, 1.807) is 12.1 Å². The summed E-state index contributed by atoms with van der Waals surface area (Å²) in [6, 6.07) is 14.0. The van der Waals surface area contributed by atoms with Crippen LogP contribution >= 0.6 is 0 Å². The molecule has 168 valence electrons. The van der Waals surface area contributed by atoms with Gasteiger partial charge in [0, 0.05) is 28.9 Å². The molecule has 0 spiro atoms. The molecule has 1 N–H and O–H groups in total. The van der Waals surface area contributed by atoms with Gasteiger partial charge in [-0.05, 0) is 48.9 Å². The molecule has 0 amide bonds. The van der Waals surface area contributed by atoms with E-state index in [0.717, 1.165) is 17.7 Å². The number of carbonyl (C=O) groups is 1. The van der Waals surface area contributed by atoms with Gasteiger partial charge in [0.1, 0.15) is 23.6 Å². The van der Waals surface area contributed by atoms with Crippen molar-refractivity contribution in [1.82, 2.24) is 4.98 Å². The third-order valence-corrected chi connectivity index (χ3v) is 4.82. The topological polar surface area (TPSA) is 81.4 Å². The van der Waals surface area contributed by atoms with Crippen molar-refractivity contribution in [2.45, 2.75) is 19.7 Å². The fraction of sp³-hybridized carbons (Fsp3) is 0.125. The molecule has 4 aromatic rings. The summed E-state index contributed by atoms with van der Waals surface area (Å²) < 4.78 is 49.6. The molecule has 0 saturated carbocycles. The van der Waals surface area contributed by atoms with Crippen molar-refractivity contribution in [3.63, 3.8) is 0 Å². The fourth-order valence-electron chi connectivity index (χ4n) is 3.26. The van der Waals surface area contributed by atoms with E-state index in [9.17, 15) is 22.8 Å². The van der Waals surface area contributed by atoms with E-state index in [1.807, 2.05) is 13.0 Å². The summed E-state index contributed by atoms with van der Waals surface area (Å²) in [5.41, 5.74) is 0.468. The van der Waals surface area contributed by atoms with Gasteiger partial charge in [-0.25, -0.2) is 14.6 Å². The Kier molecular flexibility index (Phi) is 5.87. The van der Waals surface area contributed by atoms with Crippen molar-refractivity contribution >= 4 is 28.4 Å². The predicted octanol–water partition coefficient (Wildman–Crippen LogP) is 5.62. The summed E-state index contributed by atoms with van der Waals surface area (Å²) in [7, 11) is 0. The molecule has 0 saturated heterocycles. The van der Waals surface area contributed by atoms with E-state index in [0.29, 0.717) is 16.5 Å². The normalized spacial score (nSPS) is 11.4. The maximum absolute atomic E-state index is 13.0. The maximum atomic E-state index is 13.0. The summed E-state index contributed by atoms with van der Waals surface area (Å²) in [4.78, 5) is 28.7. The smallest absolute Gasteiger partial charge is 0.416 e. The van der Waals surface area contributed by atoms with Crippen molar-refractivity contribution in [2.24, 2.45) is 0 Å². The van der Waals surface area contributed by atoms with Gasteiger partial charge in [0.05, 0.1) is 5.56 Å². The number of aryl methyl sites for hydroxylation is 1. The largest absolute Gasteiger partial charge is 0.457 e. The van der Waals surface area contributed by atoms with E-state index in [2.05, 4.69) is 10.3 Å². The standard InChI is InChI=1S/C24H17F3N2O4/c1-14-7-8-18-15(11-21(30)33-20(18)10-14)13-32-23(31)19-6-3-9-28-22(19)29-17-5-2-4-16(12-17)24(25,26)27/h2-12H,13H2,1H3,(H,28,29). The number of anilines is 2. The molecule has 0 radical (unpaired) electrons. The van der Waals surface area contributed by atoms with Gasteiger partial charge in [0.25, 0.3) is 0 Å². The van der Waals surface area contributed by atoms with E-state index in [-0.39, 0.29) is 23.7 Å². The number of fused-ring (bicyclic) bond motifs is 1. The molecule has 0 unspecified atom stereocenters. The molecule has 0 fully saturated rings. The quantitative estimate of drug-likeness (QED) is 0.312. The lowest BCUT2D eigenvalue weighted by atomic mass is 10.1. The Balaban J connectivity index is 1.56. The summed E-state index contributed by atoms with van der Waals surface area (Å²) in [5.74, 6) is -0.721. The minimum Gasteiger partial charge on any atom is -0.457 e. The molecule has 2 aromatic heterocycles. The first-order chi connectivity index (χ1) is 15.7. The van der Waals surface area contributed by atoms with Gasteiger partial charge >= 0.3 is 17.8 Å². The molecular weight excluding hydrogens is 437 g/mol. The molecule has 9 heteroatoms. The van der Waals surface area contributed by atoms with Crippen LogP contribution < -0.4 is 10.9 Å². The number of halogens is 3. The van der Waals surface area contributed by atoms with Crippen LogP contribution in [0.25, 0.3) is 11.0 Å². The van der Waals surface area contributed by atoms with Crippen LogP contribution in [0.5, 0.6) is 0 Å². The van der Waals surface area contributed by atoms with Crippen LogP contribution in [0.2, 0.25) is 0 Å². The van der Waals surface area contributed by atoms with Crippen LogP contribution in [0, 0.1) is 6.92 Å². The lowest BCUT2D eigenvalue weighted by molar-refractivity contribution is -0.137. The number of ether oxygens (including phenoxy) is 1. The Bertz CT molecular complexity index is 1400. The zero-order valence-electron chi connectivity index (χ0n) is 17.3. The minimum absolute atomic E-state index is 0.0260. The number of benzene rings is 2. The SMILES string of the molecule is Cc1ccc2c(COC(=O)c3cccnc3Nc3cccc(C(F)(F)F)c3)cc(=O)oc2c1. The number of rotatable bonds is 5.